The van der Waals surface area contributed by atoms with Crippen LogP contribution in [0.3, 0.4) is 0 Å². The number of rotatable bonds is 4. The maximum Gasteiger partial charge on any atom is 0.408 e. The van der Waals surface area contributed by atoms with Gasteiger partial charge in [0.15, 0.2) is 0 Å². The van der Waals surface area contributed by atoms with Gasteiger partial charge in [-0.1, -0.05) is 36.4 Å². The first-order valence-corrected chi connectivity index (χ1v) is 10.5. The second-order valence-electron chi connectivity index (χ2n) is 9.00. The summed E-state index contributed by atoms with van der Waals surface area (Å²) in [6.07, 6.45) is 1.75. The van der Waals surface area contributed by atoms with Gasteiger partial charge in [0.2, 0.25) is 0 Å². The Hall–Kier alpha value is -3.08. The van der Waals surface area contributed by atoms with Crippen molar-refractivity contribution in [2.45, 2.75) is 58.1 Å². The quantitative estimate of drug-likeness (QED) is 0.629. The molecule has 1 aliphatic rings. The predicted octanol–water partition coefficient (Wildman–Crippen LogP) is 5.45. The molecule has 5 nitrogen and oxygen atoms in total. The molecule has 5 heteroatoms. The molecule has 1 fully saturated rings. The molecular weight excluding hydrogens is 376 g/mol. The summed E-state index contributed by atoms with van der Waals surface area (Å²) in [5, 5.41) is 4.57. The summed E-state index contributed by atoms with van der Waals surface area (Å²) in [4.78, 5) is 26.1. The number of hydrogen-bond acceptors (Lipinski definition) is 3. The van der Waals surface area contributed by atoms with Crippen molar-refractivity contribution in [3.05, 3.63) is 76.2 Å². The van der Waals surface area contributed by atoms with Crippen molar-refractivity contribution >= 4 is 16.9 Å². The zero-order chi connectivity index (χ0) is 21.5. The Kier molecular flexibility index (Phi) is 5.14. The Balaban J connectivity index is 1.86. The minimum absolute atomic E-state index is 0.0472. The van der Waals surface area contributed by atoms with Gasteiger partial charge in [-0.3, -0.25) is 9.36 Å². The summed E-state index contributed by atoms with van der Waals surface area (Å²) >= 11 is 0. The molecule has 1 N–H and O–H groups in total. The third-order valence-corrected chi connectivity index (χ3v) is 5.32. The number of nitrogens with zero attached hydrogens (tertiary/aromatic N) is 1. The number of carbonyl (C=O) groups is 1. The second kappa shape index (κ2) is 7.63. The standard InChI is InChI=1S/C25H28N2O3/c1-16(26-24(29)30-25(2,3)4)21-15-18-9-8-12-20(17-13-14-17)22(18)23(28)27(21)19-10-6-5-7-11-19/h5-12,15-17H,13-14H2,1-4H3,(H,26,29)/t16-/m0/s1. The zero-order valence-electron chi connectivity index (χ0n) is 17.9. The van der Waals surface area contributed by atoms with Crippen LogP contribution in [0.4, 0.5) is 4.79 Å². The molecule has 156 valence electrons. The van der Waals surface area contributed by atoms with Crippen LogP contribution in [0, 0.1) is 0 Å². The number of benzene rings is 2. The first kappa shape index (κ1) is 20.2. The van der Waals surface area contributed by atoms with E-state index in [2.05, 4.69) is 11.4 Å². The molecule has 0 bridgehead atoms. The van der Waals surface area contributed by atoms with Crippen LogP contribution in [0.1, 0.15) is 63.8 Å². The van der Waals surface area contributed by atoms with Crippen LogP contribution in [0.15, 0.2) is 59.4 Å². The molecular formula is C25H28N2O3. The van der Waals surface area contributed by atoms with Crippen LogP contribution in [-0.2, 0) is 4.74 Å². The maximum atomic E-state index is 13.7. The summed E-state index contributed by atoms with van der Waals surface area (Å²) in [6, 6.07) is 17.2. The van der Waals surface area contributed by atoms with Gasteiger partial charge in [-0.15, -0.1) is 0 Å². The van der Waals surface area contributed by atoms with Crippen LogP contribution >= 0.6 is 0 Å². The van der Waals surface area contributed by atoms with Crippen molar-refractivity contribution in [3.8, 4) is 5.69 Å². The number of ether oxygens (including phenoxy) is 1. The van der Waals surface area contributed by atoms with Crippen LogP contribution in [0.25, 0.3) is 16.5 Å². The normalized spacial score (nSPS) is 15.1. The molecule has 2 aromatic carbocycles. The highest BCUT2D eigenvalue weighted by Crippen LogP contribution is 2.42. The number of amides is 1. The maximum absolute atomic E-state index is 13.7. The molecule has 0 radical (unpaired) electrons. The number of nitrogens with one attached hydrogen (secondary N) is 1. The van der Waals surface area contributed by atoms with Crippen molar-refractivity contribution in [2.24, 2.45) is 0 Å². The Morgan fingerprint density at radius 2 is 1.80 bits per heavy atom. The molecule has 1 aromatic heterocycles. The van der Waals surface area contributed by atoms with Gasteiger partial charge in [-0.2, -0.15) is 0 Å². The van der Waals surface area contributed by atoms with Crippen molar-refractivity contribution in [1.82, 2.24) is 9.88 Å². The van der Waals surface area contributed by atoms with E-state index in [0.717, 1.165) is 40.6 Å². The van der Waals surface area contributed by atoms with E-state index in [4.69, 9.17) is 4.74 Å². The summed E-state index contributed by atoms with van der Waals surface area (Å²) in [6.45, 7) is 7.35. The van der Waals surface area contributed by atoms with Crippen LogP contribution < -0.4 is 10.9 Å². The van der Waals surface area contributed by atoms with Gasteiger partial charge in [-0.05, 0) is 75.6 Å². The summed E-state index contributed by atoms with van der Waals surface area (Å²) < 4.78 is 7.13. The molecule has 0 saturated heterocycles. The summed E-state index contributed by atoms with van der Waals surface area (Å²) in [5.41, 5.74) is 1.99. The molecule has 0 spiro atoms. The minimum atomic E-state index is -0.592. The lowest BCUT2D eigenvalue weighted by molar-refractivity contribution is 0.0506. The predicted molar refractivity (Wildman–Crippen MR) is 119 cm³/mol. The van der Waals surface area contributed by atoms with E-state index >= 15 is 0 Å². The number of fused-ring (bicyclic) bond motifs is 1. The molecule has 0 aliphatic heterocycles. The minimum Gasteiger partial charge on any atom is -0.444 e. The average molecular weight is 405 g/mol. The van der Waals surface area contributed by atoms with Crippen molar-refractivity contribution in [2.75, 3.05) is 0 Å². The Bertz CT molecular complexity index is 1140. The van der Waals surface area contributed by atoms with Gasteiger partial charge in [0.05, 0.1) is 11.4 Å². The molecule has 1 heterocycles. The third-order valence-electron chi connectivity index (χ3n) is 5.32. The van der Waals surface area contributed by atoms with E-state index in [-0.39, 0.29) is 5.56 Å². The van der Waals surface area contributed by atoms with Crippen LogP contribution in [0.2, 0.25) is 0 Å². The van der Waals surface area contributed by atoms with Gasteiger partial charge in [0, 0.05) is 11.4 Å². The van der Waals surface area contributed by atoms with Gasteiger partial charge in [0.25, 0.3) is 5.56 Å². The molecule has 1 amide bonds. The van der Waals surface area contributed by atoms with E-state index in [0.29, 0.717) is 5.92 Å². The van der Waals surface area contributed by atoms with Gasteiger partial charge >= 0.3 is 6.09 Å². The zero-order valence-corrected chi connectivity index (χ0v) is 17.9. The molecule has 1 aliphatic carbocycles. The third kappa shape index (κ3) is 4.11. The topological polar surface area (TPSA) is 60.3 Å². The van der Waals surface area contributed by atoms with Gasteiger partial charge in [0.1, 0.15) is 5.60 Å². The lowest BCUT2D eigenvalue weighted by atomic mass is 10.0. The van der Waals surface area contributed by atoms with Gasteiger partial charge < -0.3 is 10.1 Å². The average Bonchev–Trinajstić information content (AvgIpc) is 3.51. The molecule has 4 rings (SSSR count). The number of pyridine rings is 1. The fourth-order valence-electron chi connectivity index (χ4n) is 3.86. The van der Waals surface area contributed by atoms with Crippen LogP contribution in [-0.4, -0.2) is 16.3 Å². The van der Waals surface area contributed by atoms with Gasteiger partial charge in [-0.25, -0.2) is 4.79 Å². The molecule has 30 heavy (non-hydrogen) atoms. The fourth-order valence-corrected chi connectivity index (χ4v) is 3.86. The smallest absolute Gasteiger partial charge is 0.408 e. The Labute approximate surface area is 176 Å². The van der Waals surface area contributed by atoms with E-state index in [1.54, 1.807) is 4.57 Å². The highest BCUT2D eigenvalue weighted by atomic mass is 16.6. The van der Waals surface area contributed by atoms with Crippen molar-refractivity contribution in [1.29, 1.82) is 0 Å². The van der Waals surface area contributed by atoms with E-state index in [1.807, 2.05) is 76.2 Å². The highest BCUT2D eigenvalue weighted by molar-refractivity contribution is 5.86. The van der Waals surface area contributed by atoms with Crippen LogP contribution in [0.5, 0.6) is 0 Å². The monoisotopic (exact) mass is 404 g/mol. The molecule has 3 aromatic rings. The molecule has 0 unspecified atom stereocenters. The number of alkyl carbamates (subject to hydrolysis) is 1. The van der Waals surface area contributed by atoms with E-state index in [1.165, 1.54) is 0 Å². The van der Waals surface area contributed by atoms with Crippen molar-refractivity contribution < 1.29 is 9.53 Å². The van der Waals surface area contributed by atoms with Crippen molar-refractivity contribution in [3.63, 3.8) is 0 Å². The number of para-hydroxylation sites is 1. The fraction of sp³-hybridized carbons (Fsp3) is 0.360. The summed E-state index contributed by atoms with van der Waals surface area (Å²) in [7, 11) is 0. The van der Waals surface area contributed by atoms with E-state index < -0.39 is 17.7 Å². The number of hydrogen-bond donors (Lipinski definition) is 1. The highest BCUT2D eigenvalue weighted by Gasteiger charge is 2.28. The number of carbonyl (C=O) groups excluding carboxylic acids is 1. The lowest BCUT2D eigenvalue weighted by Crippen LogP contribution is -2.36. The first-order chi connectivity index (χ1) is 14.2. The summed E-state index contributed by atoms with van der Waals surface area (Å²) in [5.74, 6) is 0.466. The van der Waals surface area contributed by atoms with E-state index in [9.17, 15) is 9.59 Å². The largest absolute Gasteiger partial charge is 0.444 e. The first-order valence-electron chi connectivity index (χ1n) is 10.5. The SMILES string of the molecule is C[C@H](NC(=O)OC(C)(C)C)c1cc2cccc(C3CC3)c2c(=O)n1-c1ccccc1. The Morgan fingerprint density at radius 1 is 1.10 bits per heavy atom. The molecule has 1 atom stereocenters. The lowest BCUT2D eigenvalue weighted by Gasteiger charge is -2.24. The number of aromatic nitrogens is 1. The second-order valence-corrected chi connectivity index (χ2v) is 9.00. The molecule has 1 saturated carbocycles. The Morgan fingerprint density at radius 3 is 2.43 bits per heavy atom.